The maximum atomic E-state index is 11.9. The van der Waals surface area contributed by atoms with E-state index < -0.39 is 5.63 Å². The van der Waals surface area contributed by atoms with Crippen molar-refractivity contribution < 1.29 is 4.39 Å². The van der Waals surface area contributed by atoms with E-state index in [0.29, 0.717) is 12.8 Å². The van der Waals surface area contributed by atoms with Crippen molar-refractivity contribution in [2.45, 2.75) is 20.6 Å². The Morgan fingerprint density at radius 3 is 2.00 bits per heavy atom. The van der Waals surface area contributed by atoms with E-state index in [9.17, 15) is 4.39 Å². The average Bonchev–Trinajstić information content (AvgIpc) is 1.59. The molecule has 0 aromatic rings. The quantitative estimate of drug-likeness (QED) is 0.659. The van der Waals surface area contributed by atoms with Gasteiger partial charge in [-0.25, -0.2) is 4.39 Å². The van der Waals surface area contributed by atoms with Crippen molar-refractivity contribution >= 4 is 59.4 Å². The molecule has 0 bridgehead atoms. The number of rotatable bonds is 2. The number of alkyl halides is 5. The highest BCUT2D eigenvalue weighted by molar-refractivity contribution is 9.39. The lowest BCUT2D eigenvalue weighted by Crippen LogP contribution is -2.01. The predicted molar refractivity (Wildman–Crippen MR) is 49.5 cm³/mol. The van der Waals surface area contributed by atoms with Crippen LogP contribution in [-0.2, 0) is 0 Å². The van der Waals surface area contributed by atoms with Crippen LogP contribution in [0.4, 0.5) is 4.39 Å². The van der Waals surface area contributed by atoms with E-state index in [0.717, 1.165) is 0 Å². The molecule has 0 N–H and O–H groups in total. The molecular formula is C4H5Br3ClF. The summed E-state index contributed by atoms with van der Waals surface area (Å²) in [7, 11) is 0. The van der Waals surface area contributed by atoms with Crippen LogP contribution in [0.5, 0.6) is 0 Å². The van der Waals surface area contributed by atoms with Crippen LogP contribution < -0.4 is 0 Å². The molecule has 0 aromatic carbocycles. The first-order valence-electron chi connectivity index (χ1n) is 2.27. The summed E-state index contributed by atoms with van der Waals surface area (Å²) in [5.41, 5.74) is -1.25. The molecule has 0 heterocycles. The number of halogens is 5. The van der Waals surface area contributed by atoms with Gasteiger partial charge < -0.3 is 0 Å². The van der Waals surface area contributed by atoms with Gasteiger partial charge in [-0.15, -0.1) is 0 Å². The topological polar surface area (TPSA) is 0 Å². The molecule has 0 saturated heterocycles. The van der Waals surface area contributed by atoms with Gasteiger partial charge in [-0.3, -0.25) is 0 Å². The van der Waals surface area contributed by atoms with E-state index in [-0.39, 0.29) is 2.14 Å². The Morgan fingerprint density at radius 2 is 1.89 bits per heavy atom. The maximum absolute atomic E-state index is 11.9. The van der Waals surface area contributed by atoms with E-state index in [1.54, 1.807) is 0 Å². The van der Waals surface area contributed by atoms with E-state index in [2.05, 4.69) is 47.8 Å². The van der Waals surface area contributed by atoms with Crippen LogP contribution in [0.3, 0.4) is 0 Å². The summed E-state index contributed by atoms with van der Waals surface area (Å²) in [4.78, 5) is 0. The maximum Gasteiger partial charge on any atom is 0.173 e. The van der Waals surface area contributed by atoms with Crippen LogP contribution in [0, 0.1) is 0 Å². The minimum atomic E-state index is -1.25. The number of hydrogen-bond acceptors (Lipinski definition) is 0. The second kappa shape index (κ2) is 4.52. The molecule has 5 heteroatoms. The monoisotopic (exact) mass is 344 g/mol. The normalized spacial score (nSPS) is 15.7. The molecular weight excluding hydrogens is 342 g/mol. The summed E-state index contributed by atoms with van der Waals surface area (Å²) in [5.74, 6) is 0. The second-order valence-electron chi connectivity index (χ2n) is 1.54. The molecule has 0 nitrogen and oxygen atoms in total. The molecule has 0 rings (SSSR count). The van der Waals surface area contributed by atoms with E-state index in [1.165, 1.54) is 0 Å². The zero-order valence-electron chi connectivity index (χ0n) is 4.38. The van der Waals surface area contributed by atoms with Crippen molar-refractivity contribution in [3.8, 4) is 0 Å². The van der Waals surface area contributed by atoms with Crippen LogP contribution >= 0.6 is 59.4 Å². The molecule has 1 atom stereocenters. The SMILES string of the molecule is FC(Cl)CCC(Br)(Br)Br. The van der Waals surface area contributed by atoms with Gasteiger partial charge in [0.2, 0.25) is 0 Å². The van der Waals surface area contributed by atoms with Crippen molar-refractivity contribution in [2.75, 3.05) is 0 Å². The molecule has 0 aromatic heterocycles. The van der Waals surface area contributed by atoms with Gasteiger partial charge in [0.25, 0.3) is 0 Å². The summed E-state index contributed by atoms with van der Waals surface area (Å²) in [5, 5.41) is 0. The van der Waals surface area contributed by atoms with E-state index >= 15 is 0 Å². The lowest BCUT2D eigenvalue weighted by Gasteiger charge is -2.10. The Labute approximate surface area is 83.9 Å². The fourth-order valence-corrected chi connectivity index (χ4v) is 1.07. The van der Waals surface area contributed by atoms with Crippen molar-refractivity contribution in [1.29, 1.82) is 0 Å². The summed E-state index contributed by atoms with van der Waals surface area (Å²) in [6.45, 7) is 0. The van der Waals surface area contributed by atoms with Crippen molar-refractivity contribution in [3.63, 3.8) is 0 Å². The Kier molecular flexibility index (Phi) is 5.35. The minimum absolute atomic E-state index is 0.323. The van der Waals surface area contributed by atoms with Crippen molar-refractivity contribution in [2.24, 2.45) is 0 Å². The van der Waals surface area contributed by atoms with E-state index in [4.69, 9.17) is 11.6 Å². The van der Waals surface area contributed by atoms with Crippen molar-refractivity contribution in [3.05, 3.63) is 0 Å². The van der Waals surface area contributed by atoms with Crippen LogP contribution in [0.2, 0.25) is 0 Å². The van der Waals surface area contributed by atoms with Gasteiger partial charge >= 0.3 is 0 Å². The molecule has 0 saturated carbocycles. The summed E-state index contributed by atoms with van der Waals surface area (Å²) < 4.78 is 11.6. The largest absolute Gasteiger partial charge is 0.230 e. The molecule has 0 spiro atoms. The van der Waals surface area contributed by atoms with Gasteiger partial charge in [0.15, 0.2) is 5.63 Å². The van der Waals surface area contributed by atoms with Gasteiger partial charge in [0.1, 0.15) is 2.14 Å². The predicted octanol–water partition coefficient (Wildman–Crippen LogP) is 4.14. The fraction of sp³-hybridized carbons (Fsp3) is 1.00. The molecule has 1 unspecified atom stereocenters. The average molecular weight is 347 g/mol. The smallest absolute Gasteiger partial charge is 0.173 e. The molecule has 0 amide bonds. The van der Waals surface area contributed by atoms with E-state index in [1.807, 2.05) is 0 Å². The Bertz CT molecular complexity index is 80.4. The van der Waals surface area contributed by atoms with Crippen LogP contribution in [-0.4, -0.2) is 7.77 Å². The molecule has 0 aliphatic heterocycles. The first kappa shape index (κ1) is 10.7. The Balaban J connectivity index is 3.28. The molecule has 56 valence electrons. The zero-order chi connectivity index (χ0) is 7.49. The highest BCUT2D eigenvalue weighted by Crippen LogP contribution is 2.38. The third kappa shape index (κ3) is 9.66. The van der Waals surface area contributed by atoms with Gasteiger partial charge in [0.05, 0.1) is 0 Å². The third-order valence-corrected chi connectivity index (χ3v) is 2.05. The lowest BCUT2D eigenvalue weighted by atomic mass is 10.4. The number of hydrogen-bond donors (Lipinski definition) is 0. The highest BCUT2D eigenvalue weighted by atomic mass is 80.0. The van der Waals surface area contributed by atoms with Gasteiger partial charge in [-0.2, -0.15) is 0 Å². The van der Waals surface area contributed by atoms with Gasteiger partial charge in [0, 0.05) is 0 Å². The zero-order valence-corrected chi connectivity index (χ0v) is 9.90. The summed E-state index contributed by atoms with van der Waals surface area (Å²) in [6.07, 6.45) is 0.918. The van der Waals surface area contributed by atoms with Crippen LogP contribution in [0.25, 0.3) is 0 Å². The first-order chi connectivity index (χ1) is 3.92. The lowest BCUT2D eigenvalue weighted by molar-refractivity contribution is 0.416. The Morgan fingerprint density at radius 1 is 1.44 bits per heavy atom. The molecule has 0 radical (unpaired) electrons. The molecule has 0 aliphatic rings. The first-order valence-corrected chi connectivity index (χ1v) is 5.08. The van der Waals surface area contributed by atoms with Crippen LogP contribution in [0.1, 0.15) is 12.8 Å². The summed E-state index contributed by atoms with van der Waals surface area (Å²) in [6, 6.07) is 0. The second-order valence-corrected chi connectivity index (χ2v) is 9.27. The minimum Gasteiger partial charge on any atom is -0.230 e. The fourth-order valence-electron chi connectivity index (χ4n) is 0.273. The molecule has 0 fully saturated rings. The van der Waals surface area contributed by atoms with Crippen molar-refractivity contribution in [1.82, 2.24) is 0 Å². The standard InChI is InChI=1S/C4H5Br3ClF/c5-4(6,7)2-1-3(8)9/h3H,1-2H2. The summed E-state index contributed by atoms with van der Waals surface area (Å²) >= 11 is 14.7. The molecule has 9 heavy (non-hydrogen) atoms. The third-order valence-electron chi connectivity index (χ3n) is 0.646. The Hall–Kier alpha value is 1.66. The molecule has 0 aliphatic carbocycles. The highest BCUT2D eigenvalue weighted by Gasteiger charge is 2.18. The van der Waals surface area contributed by atoms with Crippen LogP contribution in [0.15, 0.2) is 0 Å². The van der Waals surface area contributed by atoms with Gasteiger partial charge in [-0.1, -0.05) is 59.4 Å². The van der Waals surface area contributed by atoms with Gasteiger partial charge in [-0.05, 0) is 12.8 Å².